The van der Waals surface area contributed by atoms with Crippen LogP contribution in [0.15, 0.2) is 11.4 Å². The quantitative estimate of drug-likeness (QED) is 0.0869. The standard InChI is InChI=1S/C25H43N3O11S/c1-40-24-26-20-22-21-39-25(30)28(23(22)27-24)2-4-31-6-8-33-10-12-35-14-16-37-18-19-38-17-15-36-13-11-34-9-7-32-5-3-29/h20,29H,2-19,21H2,1H3. The molecule has 0 saturated heterocycles. The van der Waals surface area contributed by atoms with Crippen LogP contribution >= 0.6 is 11.8 Å². The third-order valence-electron chi connectivity index (χ3n) is 5.13. The average molecular weight is 594 g/mol. The second-order valence-electron chi connectivity index (χ2n) is 8.03. The molecule has 0 aromatic carbocycles. The van der Waals surface area contributed by atoms with Gasteiger partial charge in [-0.05, 0) is 6.26 Å². The predicted octanol–water partition coefficient (Wildman–Crippen LogP) is 0.780. The van der Waals surface area contributed by atoms with Crippen LogP contribution in [-0.4, -0.2) is 146 Å². The fourth-order valence-electron chi connectivity index (χ4n) is 3.18. The summed E-state index contributed by atoms with van der Waals surface area (Å²) in [5, 5.41) is 9.17. The van der Waals surface area contributed by atoms with E-state index in [1.165, 1.54) is 16.7 Å². The number of anilines is 1. The molecule has 0 bridgehead atoms. The molecule has 0 spiro atoms. The van der Waals surface area contributed by atoms with Gasteiger partial charge >= 0.3 is 6.09 Å². The highest BCUT2D eigenvalue weighted by Crippen LogP contribution is 2.25. The van der Waals surface area contributed by atoms with E-state index in [4.69, 9.17) is 47.7 Å². The van der Waals surface area contributed by atoms with Crippen molar-refractivity contribution in [2.75, 3.05) is 130 Å². The number of aromatic nitrogens is 2. The monoisotopic (exact) mass is 593 g/mol. The van der Waals surface area contributed by atoms with Gasteiger partial charge in [-0.1, -0.05) is 11.8 Å². The van der Waals surface area contributed by atoms with Gasteiger partial charge in [-0.3, -0.25) is 4.90 Å². The molecule has 0 unspecified atom stereocenters. The lowest BCUT2D eigenvalue weighted by atomic mass is 10.3. The molecular formula is C25H43N3O11S. The number of cyclic esters (lactones) is 1. The Morgan fingerprint density at radius 2 is 1.18 bits per heavy atom. The maximum Gasteiger partial charge on any atom is 0.415 e. The van der Waals surface area contributed by atoms with Gasteiger partial charge in [0.15, 0.2) is 5.16 Å². The van der Waals surface area contributed by atoms with E-state index in [2.05, 4.69) is 9.97 Å². The summed E-state index contributed by atoms with van der Waals surface area (Å²) < 4.78 is 48.4. The third kappa shape index (κ3) is 16.0. The first-order chi connectivity index (χ1) is 19.8. The fraction of sp³-hybridized carbons (Fsp3) is 0.800. The Balaban J connectivity index is 1.29. The van der Waals surface area contributed by atoms with Crippen LogP contribution in [0.25, 0.3) is 0 Å². The Morgan fingerprint density at radius 1 is 0.750 bits per heavy atom. The molecule has 0 radical (unpaired) electrons. The van der Waals surface area contributed by atoms with Gasteiger partial charge in [0, 0.05) is 6.20 Å². The van der Waals surface area contributed by atoms with Crippen LogP contribution in [0.5, 0.6) is 0 Å². The van der Waals surface area contributed by atoms with Crippen molar-refractivity contribution in [1.29, 1.82) is 0 Å². The topological polar surface area (TPSA) is 149 Å². The van der Waals surface area contributed by atoms with Gasteiger partial charge in [0.2, 0.25) is 0 Å². The molecule has 1 aliphatic heterocycles. The van der Waals surface area contributed by atoms with E-state index < -0.39 is 6.09 Å². The zero-order valence-electron chi connectivity index (χ0n) is 23.3. The molecule has 0 saturated carbocycles. The second kappa shape index (κ2) is 24.0. The van der Waals surface area contributed by atoms with Gasteiger partial charge in [-0.25, -0.2) is 14.8 Å². The van der Waals surface area contributed by atoms with E-state index in [0.29, 0.717) is 123 Å². The van der Waals surface area contributed by atoms with Gasteiger partial charge in [0.1, 0.15) is 12.4 Å². The number of amides is 1. The molecule has 14 nitrogen and oxygen atoms in total. The van der Waals surface area contributed by atoms with E-state index in [-0.39, 0.29) is 13.2 Å². The molecule has 1 aromatic rings. The predicted molar refractivity (Wildman–Crippen MR) is 145 cm³/mol. The molecule has 1 N–H and O–H groups in total. The number of aliphatic hydroxyl groups is 1. The molecule has 0 fully saturated rings. The molecule has 0 aliphatic carbocycles. The molecular weight excluding hydrogens is 550 g/mol. The van der Waals surface area contributed by atoms with Gasteiger partial charge < -0.3 is 47.7 Å². The van der Waals surface area contributed by atoms with E-state index in [9.17, 15) is 4.79 Å². The number of ether oxygens (including phenoxy) is 9. The molecule has 40 heavy (non-hydrogen) atoms. The van der Waals surface area contributed by atoms with Crippen molar-refractivity contribution in [2.45, 2.75) is 11.8 Å². The van der Waals surface area contributed by atoms with Crippen molar-refractivity contribution >= 4 is 23.7 Å². The number of carbonyl (C=O) groups is 1. The zero-order valence-corrected chi connectivity index (χ0v) is 24.1. The van der Waals surface area contributed by atoms with Crippen LogP contribution in [-0.2, 0) is 49.2 Å². The molecule has 0 atom stereocenters. The fourth-order valence-corrected chi connectivity index (χ4v) is 3.51. The largest absolute Gasteiger partial charge is 0.444 e. The Bertz CT molecular complexity index is 782. The molecule has 2 heterocycles. The summed E-state index contributed by atoms with van der Waals surface area (Å²) in [4.78, 5) is 22.3. The first-order valence-electron chi connectivity index (χ1n) is 13.3. The molecule has 2 rings (SSSR count). The summed E-state index contributed by atoms with van der Waals surface area (Å²) in [6, 6.07) is 0. The molecule has 230 valence electrons. The van der Waals surface area contributed by atoms with Crippen LogP contribution in [0.1, 0.15) is 5.56 Å². The van der Waals surface area contributed by atoms with Crippen LogP contribution in [0.3, 0.4) is 0 Å². The zero-order chi connectivity index (χ0) is 28.5. The lowest BCUT2D eigenvalue weighted by Crippen LogP contribution is -2.39. The SMILES string of the molecule is CSc1ncc2c(n1)N(CCOCCOCCOCCOCCOCCOCCOCCOCCO)C(=O)OC2. The molecule has 1 aliphatic rings. The highest BCUT2D eigenvalue weighted by molar-refractivity contribution is 7.98. The van der Waals surface area contributed by atoms with E-state index >= 15 is 0 Å². The van der Waals surface area contributed by atoms with Gasteiger partial charge in [-0.15, -0.1) is 0 Å². The number of aliphatic hydroxyl groups excluding tert-OH is 1. The van der Waals surface area contributed by atoms with Gasteiger partial charge in [0.05, 0.1) is 124 Å². The summed E-state index contributed by atoms with van der Waals surface area (Å²) in [7, 11) is 0. The first kappa shape index (κ1) is 34.5. The highest BCUT2D eigenvalue weighted by atomic mass is 32.2. The minimum Gasteiger partial charge on any atom is -0.444 e. The number of thioether (sulfide) groups is 1. The number of nitrogens with zero attached hydrogens (tertiary/aromatic N) is 3. The van der Waals surface area contributed by atoms with Crippen molar-refractivity contribution in [1.82, 2.24) is 9.97 Å². The van der Waals surface area contributed by atoms with E-state index in [1.807, 2.05) is 6.26 Å². The van der Waals surface area contributed by atoms with Gasteiger partial charge in [-0.2, -0.15) is 0 Å². The number of fused-ring (bicyclic) bond motifs is 1. The summed E-state index contributed by atoms with van der Waals surface area (Å²) in [6.45, 7) is 7.79. The van der Waals surface area contributed by atoms with Crippen molar-refractivity contribution < 1.29 is 52.5 Å². The minimum absolute atomic E-state index is 0.0204. The molecule has 1 amide bonds. The van der Waals surface area contributed by atoms with Crippen LogP contribution in [0, 0.1) is 0 Å². The van der Waals surface area contributed by atoms with Crippen molar-refractivity contribution in [3.8, 4) is 0 Å². The molecule has 15 heteroatoms. The van der Waals surface area contributed by atoms with Crippen LogP contribution in [0.4, 0.5) is 10.6 Å². The Hall–Kier alpha value is -1.66. The Kier molecular flexibility index (Phi) is 20.7. The van der Waals surface area contributed by atoms with Crippen molar-refractivity contribution in [2.24, 2.45) is 0 Å². The van der Waals surface area contributed by atoms with Crippen molar-refractivity contribution in [3.63, 3.8) is 0 Å². The average Bonchev–Trinajstić information content (AvgIpc) is 2.97. The summed E-state index contributed by atoms with van der Waals surface area (Å²) in [6.07, 6.45) is 3.13. The van der Waals surface area contributed by atoms with E-state index in [1.54, 1.807) is 6.20 Å². The normalized spacial score (nSPS) is 13.1. The summed E-state index contributed by atoms with van der Waals surface area (Å²) >= 11 is 1.42. The summed E-state index contributed by atoms with van der Waals surface area (Å²) in [5.41, 5.74) is 0.776. The number of hydrogen-bond acceptors (Lipinski definition) is 14. The Morgan fingerprint density at radius 3 is 1.60 bits per heavy atom. The third-order valence-corrected chi connectivity index (χ3v) is 5.69. The van der Waals surface area contributed by atoms with Crippen LogP contribution in [0.2, 0.25) is 0 Å². The highest BCUT2D eigenvalue weighted by Gasteiger charge is 2.27. The lowest BCUT2D eigenvalue weighted by molar-refractivity contribution is -0.0237. The first-order valence-corrected chi connectivity index (χ1v) is 14.6. The number of hydrogen-bond donors (Lipinski definition) is 1. The summed E-state index contributed by atoms with van der Waals surface area (Å²) in [5.74, 6) is 0.575. The smallest absolute Gasteiger partial charge is 0.415 e. The Labute approximate surface area is 239 Å². The number of rotatable bonds is 27. The number of carbonyl (C=O) groups excluding carboxylic acids is 1. The van der Waals surface area contributed by atoms with Gasteiger partial charge in [0.25, 0.3) is 0 Å². The second-order valence-corrected chi connectivity index (χ2v) is 8.81. The molecule has 1 aromatic heterocycles. The van der Waals surface area contributed by atoms with Crippen LogP contribution < -0.4 is 4.90 Å². The lowest BCUT2D eigenvalue weighted by Gasteiger charge is -2.27. The van der Waals surface area contributed by atoms with Crippen molar-refractivity contribution in [3.05, 3.63) is 11.8 Å². The van der Waals surface area contributed by atoms with E-state index in [0.717, 1.165) is 5.56 Å². The minimum atomic E-state index is -0.437. The maximum atomic E-state index is 12.1. The maximum absolute atomic E-state index is 12.1.